The predicted octanol–water partition coefficient (Wildman–Crippen LogP) is 2.85. The van der Waals surface area contributed by atoms with Crippen molar-refractivity contribution in [2.75, 3.05) is 11.9 Å². The maximum absolute atomic E-state index is 12.1. The molecule has 0 aliphatic carbocycles. The molecule has 0 spiro atoms. The van der Waals surface area contributed by atoms with Crippen LogP contribution in [0, 0.1) is 19.8 Å². The smallest absolute Gasteiger partial charge is 0.341 e. The summed E-state index contributed by atoms with van der Waals surface area (Å²) >= 11 is 1.37. The second kappa shape index (κ2) is 7.56. The third kappa shape index (κ3) is 4.54. The Morgan fingerprint density at radius 2 is 1.95 bits per heavy atom. The first-order valence-electron chi connectivity index (χ1n) is 7.11. The highest BCUT2D eigenvalue weighted by molar-refractivity contribution is 7.16. The van der Waals surface area contributed by atoms with Gasteiger partial charge in [-0.05, 0) is 38.7 Å². The lowest BCUT2D eigenvalue weighted by Crippen LogP contribution is -2.36. The van der Waals surface area contributed by atoms with Gasteiger partial charge in [-0.25, -0.2) is 4.79 Å². The summed E-state index contributed by atoms with van der Waals surface area (Å²) in [6.07, 6.45) is 0.601. The summed E-state index contributed by atoms with van der Waals surface area (Å²) in [4.78, 5) is 25.1. The van der Waals surface area contributed by atoms with Crippen molar-refractivity contribution in [3.63, 3.8) is 0 Å². The Morgan fingerprint density at radius 3 is 2.48 bits per heavy atom. The standard InChI is InChI=1S/C15H24N2O3S/c1-6-20-15(19)12-9(4)10(5)21-14(12)17-13(18)11(16)7-8(2)3/h8,11H,6-7,16H2,1-5H3,(H,17,18)/t11-/m0/s1. The van der Waals surface area contributed by atoms with Crippen LogP contribution in [0.4, 0.5) is 5.00 Å². The van der Waals surface area contributed by atoms with Gasteiger partial charge in [0.25, 0.3) is 0 Å². The van der Waals surface area contributed by atoms with Gasteiger partial charge >= 0.3 is 5.97 Å². The second-order valence-electron chi connectivity index (χ2n) is 5.43. The van der Waals surface area contributed by atoms with Crippen LogP contribution in [-0.4, -0.2) is 24.5 Å². The molecule has 3 N–H and O–H groups in total. The fraction of sp³-hybridized carbons (Fsp3) is 0.600. The number of aryl methyl sites for hydroxylation is 1. The fourth-order valence-electron chi connectivity index (χ4n) is 1.98. The minimum absolute atomic E-state index is 0.268. The van der Waals surface area contributed by atoms with E-state index in [4.69, 9.17) is 10.5 Å². The van der Waals surface area contributed by atoms with E-state index in [1.54, 1.807) is 6.92 Å². The quantitative estimate of drug-likeness (QED) is 0.791. The van der Waals surface area contributed by atoms with Crippen LogP contribution in [0.2, 0.25) is 0 Å². The molecule has 0 aromatic carbocycles. The molecule has 118 valence electrons. The molecule has 5 nitrogen and oxygen atoms in total. The van der Waals surface area contributed by atoms with Gasteiger partial charge in [-0.1, -0.05) is 13.8 Å². The van der Waals surface area contributed by atoms with Crippen LogP contribution in [0.1, 0.15) is 48.0 Å². The lowest BCUT2D eigenvalue weighted by Gasteiger charge is -2.14. The Balaban J connectivity index is 2.95. The van der Waals surface area contributed by atoms with Crippen LogP contribution < -0.4 is 11.1 Å². The fourth-order valence-corrected chi connectivity index (χ4v) is 3.04. The molecule has 0 saturated carbocycles. The lowest BCUT2D eigenvalue weighted by molar-refractivity contribution is -0.117. The van der Waals surface area contributed by atoms with Gasteiger partial charge in [-0.2, -0.15) is 0 Å². The molecule has 0 radical (unpaired) electrons. The zero-order valence-electron chi connectivity index (χ0n) is 13.3. The van der Waals surface area contributed by atoms with Crippen LogP contribution in [0.3, 0.4) is 0 Å². The van der Waals surface area contributed by atoms with Crippen molar-refractivity contribution in [1.29, 1.82) is 0 Å². The molecule has 0 aliphatic heterocycles. The summed E-state index contributed by atoms with van der Waals surface area (Å²) in [5.74, 6) is -0.343. The van der Waals surface area contributed by atoms with E-state index in [1.165, 1.54) is 11.3 Å². The minimum Gasteiger partial charge on any atom is -0.462 e. The van der Waals surface area contributed by atoms with Crippen LogP contribution >= 0.6 is 11.3 Å². The SMILES string of the molecule is CCOC(=O)c1c(NC(=O)[C@@H](N)CC(C)C)sc(C)c1C. The van der Waals surface area contributed by atoms with E-state index in [1.807, 2.05) is 27.7 Å². The van der Waals surface area contributed by atoms with Gasteiger partial charge in [0, 0.05) is 4.88 Å². The van der Waals surface area contributed by atoms with Crippen LogP contribution in [0.5, 0.6) is 0 Å². The summed E-state index contributed by atoms with van der Waals surface area (Å²) in [6, 6.07) is -0.581. The molecule has 0 fully saturated rings. The summed E-state index contributed by atoms with van der Waals surface area (Å²) in [5.41, 5.74) is 7.15. The highest BCUT2D eigenvalue weighted by atomic mass is 32.1. The van der Waals surface area contributed by atoms with Gasteiger partial charge in [0.15, 0.2) is 0 Å². The average molecular weight is 312 g/mol. The second-order valence-corrected chi connectivity index (χ2v) is 6.66. The topological polar surface area (TPSA) is 81.4 Å². The number of ether oxygens (including phenoxy) is 1. The van der Waals surface area contributed by atoms with Crippen molar-refractivity contribution in [3.05, 3.63) is 16.0 Å². The van der Waals surface area contributed by atoms with Crippen LogP contribution in [0.25, 0.3) is 0 Å². The Kier molecular flexibility index (Phi) is 6.36. The summed E-state index contributed by atoms with van der Waals surface area (Å²) in [7, 11) is 0. The number of anilines is 1. The molecule has 1 aromatic rings. The Hall–Kier alpha value is -1.40. The van der Waals surface area contributed by atoms with Crippen molar-refractivity contribution < 1.29 is 14.3 Å². The zero-order chi connectivity index (χ0) is 16.2. The van der Waals surface area contributed by atoms with E-state index in [2.05, 4.69) is 5.32 Å². The van der Waals surface area contributed by atoms with Gasteiger partial charge in [0.1, 0.15) is 5.00 Å². The van der Waals surface area contributed by atoms with E-state index in [0.717, 1.165) is 10.4 Å². The molecule has 1 amide bonds. The van der Waals surface area contributed by atoms with Crippen molar-refractivity contribution in [1.82, 2.24) is 0 Å². The molecule has 21 heavy (non-hydrogen) atoms. The molecule has 1 atom stereocenters. The Morgan fingerprint density at radius 1 is 1.33 bits per heavy atom. The van der Waals surface area contributed by atoms with Crippen molar-refractivity contribution in [2.45, 2.75) is 47.1 Å². The number of carbonyl (C=O) groups is 2. The van der Waals surface area contributed by atoms with Crippen LogP contribution in [-0.2, 0) is 9.53 Å². The molecule has 1 aromatic heterocycles. The third-order valence-electron chi connectivity index (χ3n) is 3.16. The number of rotatable bonds is 6. The minimum atomic E-state index is -0.581. The van der Waals surface area contributed by atoms with Gasteiger partial charge in [-0.15, -0.1) is 11.3 Å². The Bertz CT molecular complexity index is 523. The molecular weight excluding hydrogens is 288 g/mol. The van der Waals surface area contributed by atoms with Crippen molar-refractivity contribution >= 4 is 28.2 Å². The zero-order valence-corrected chi connectivity index (χ0v) is 14.1. The first-order valence-corrected chi connectivity index (χ1v) is 7.93. The van der Waals surface area contributed by atoms with Crippen molar-refractivity contribution in [3.8, 4) is 0 Å². The monoisotopic (exact) mass is 312 g/mol. The van der Waals surface area contributed by atoms with Crippen molar-refractivity contribution in [2.24, 2.45) is 11.7 Å². The maximum atomic E-state index is 12.1. The highest BCUT2D eigenvalue weighted by Crippen LogP contribution is 2.33. The predicted molar refractivity (Wildman–Crippen MR) is 85.8 cm³/mol. The highest BCUT2D eigenvalue weighted by Gasteiger charge is 2.24. The van der Waals surface area contributed by atoms with E-state index in [-0.39, 0.29) is 5.91 Å². The molecule has 1 heterocycles. The molecule has 1 rings (SSSR count). The van der Waals surface area contributed by atoms with Gasteiger partial charge < -0.3 is 15.8 Å². The summed E-state index contributed by atoms with van der Waals surface area (Å²) in [6.45, 7) is 9.83. The van der Waals surface area contributed by atoms with E-state index >= 15 is 0 Å². The normalized spacial score (nSPS) is 12.3. The summed E-state index contributed by atoms with van der Waals surface area (Å²) in [5, 5.41) is 3.29. The maximum Gasteiger partial charge on any atom is 0.341 e. The number of amides is 1. The van der Waals surface area contributed by atoms with Crippen LogP contribution in [0.15, 0.2) is 0 Å². The van der Waals surface area contributed by atoms with Gasteiger partial charge in [0.05, 0.1) is 18.2 Å². The Labute approximate surface area is 129 Å². The largest absolute Gasteiger partial charge is 0.462 e. The summed E-state index contributed by atoms with van der Waals surface area (Å²) < 4.78 is 5.05. The van der Waals surface area contributed by atoms with E-state index in [0.29, 0.717) is 29.5 Å². The average Bonchev–Trinajstić information content (AvgIpc) is 2.64. The van der Waals surface area contributed by atoms with E-state index in [9.17, 15) is 9.59 Å². The van der Waals surface area contributed by atoms with E-state index < -0.39 is 12.0 Å². The number of nitrogens with one attached hydrogen (secondary N) is 1. The molecule has 0 bridgehead atoms. The first kappa shape index (κ1) is 17.7. The molecule has 0 aliphatic rings. The molecule has 0 saturated heterocycles. The molecular formula is C15H24N2O3S. The lowest BCUT2D eigenvalue weighted by atomic mass is 10.0. The number of carbonyl (C=O) groups excluding carboxylic acids is 2. The van der Waals surface area contributed by atoms with Gasteiger partial charge in [-0.3, -0.25) is 4.79 Å². The number of thiophene rings is 1. The number of esters is 1. The number of hydrogen-bond acceptors (Lipinski definition) is 5. The number of hydrogen-bond donors (Lipinski definition) is 2. The molecule has 0 unspecified atom stereocenters. The molecule has 6 heteroatoms. The van der Waals surface area contributed by atoms with Gasteiger partial charge in [0.2, 0.25) is 5.91 Å². The third-order valence-corrected chi connectivity index (χ3v) is 4.29. The first-order chi connectivity index (χ1) is 9.77. The number of nitrogens with two attached hydrogens (primary N) is 1.